The summed E-state index contributed by atoms with van der Waals surface area (Å²) in [4.78, 5) is 16.9. The first-order chi connectivity index (χ1) is 15.3. The van der Waals surface area contributed by atoms with E-state index in [1.807, 2.05) is 24.3 Å². The van der Waals surface area contributed by atoms with E-state index < -0.39 is 22.0 Å². The van der Waals surface area contributed by atoms with Crippen molar-refractivity contribution in [3.63, 3.8) is 0 Å². The van der Waals surface area contributed by atoms with Gasteiger partial charge in [0.2, 0.25) is 15.9 Å². The Bertz CT molecular complexity index is 1130. The molecule has 2 aromatic carbocycles. The largest absolute Gasteiger partial charge is 0.497 e. The summed E-state index contributed by atoms with van der Waals surface area (Å²) in [6.45, 7) is 4.36. The van der Waals surface area contributed by atoms with Crippen molar-refractivity contribution >= 4 is 15.9 Å². The molecule has 0 unspecified atom stereocenters. The van der Waals surface area contributed by atoms with E-state index in [-0.39, 0.29) is 17.4 Å². The van der Waals surface area contributed by atoms with Gasteiger partial charge in [0.15, 0.2) is 0 Å². The summed E-state index contributed by atoms with van der Waals surface area (Å²) >= 11 is 0. The van der Waals surface area contributed by atoms with Crippen LogP contribution in [-0.4, -0.2) is 42.2 Å². The Balaban J connectivity index is 1.69. The molecule has 170 valence electrons. The summed E-state index contributed by atoms with van der Waals surface area (Å²) in [5.74, 6) is -0.104. The molecular formula is C22H27N5O4S. The summed E-state index contributed by atoms with van der Waals surface area (Å²) in [6, 6.07) is 12.7. The third kappa shape index (κ3) is 5.92. The molecule has 3 rings (SSSR count). The second-order valence-electron chi connectivity index (χ2n) is 7.60. The number of methoxy groups -OCH3 is 1. The van der Waals surface area contributed by atoms with E-state index >= 15 is 0 Å². The quantitative estimate of drug-likeness (QED) is 0.481. The van der Waals surface area contributed by atoms with Crippen LogP contribution in [0, 0.1) is 5.92 Å². The molecule has 0 aliphatic rings. The zero-order chi connectivity index (χ0) is 23.1. The van der Waals surface area contributed by atoms with Gasteiger partial charge in [0, 0.05) is 6.54 Å². The van der Waals surface area contributed by atoms with Crippen molar-refractivity contribution in [2.75, 3.05) is 7.11 Å². The maximum atomic E-state index is 12.9. The van der Waals surface area contributed by atoms with Crippen molar-refractivity contribution in [3.8, 4) is 5.75 Å². The van der Waals surface area contributed by atoms with Gasteiger partial charge in [-0.15, -0.1) is 0 Å². The van der Waals surface area contributed by atoms with Gasteiger partial charge in [-0.3, -0.25) is 4.79 Å². The summed E-state index contributed by atoms with van der Waals surface area (Å²) in [5, 5.41) is 6.97. The number of nitrogens with one attached hydrogen (secondary N) is 2. The number of hydrogen-bond donors (Lipinski definition) is 2. The molecule has 3 aromatic rings. The highest BCUT2D eigenvalue weighted by Crippen LogP contribution is 2.17. The molecule has 10 heteroatoms. The number of amides is 1. The molecule has 0 radical (unpaired) electrons. The molecule has 1 heterocycles. The fourth-order valence-corrected chi connectivity index (χ4v) is 4.49. The van der Waals surface area contributed by atoms with Crippen LogP contribution >= 0.6 is 0 Å². The molecule has 9 nitrogen and oxygen atoms in total. The fourth-order valence-electron chi connectivity index (χ4n) is 3.15. The molecule has 2 N–H and O–H groups in total. The first kappa shape index (κ1) is 23.4. The Morgan fingerprint density at radius 3 is 2.38 bits per heavy atom. The van der Waals surface area contributed by atoms with Gasteiger partial charge in [-0.2, -0.15) is 9.82 Å². The highest BCUT2D eigenvalue weighted by molar-refractivity contribution is 7.89. The lowest BCUT2D eigenvalue weighted by molar-refractivity contribution is -0.123. The number of sulfonamides is 1. The standard InChI is InChI=1S/C22H27N5O4S/c1-16(2)21(26-32(29,30)20-10-8-19(31-3)9-11-20)22(28)24-12-17-6-4-5-7-18(17)13-27-15-23-14-25-27/h4-11,14-16,21,26H,12-13H2,1-3H3,(H,24,28)/t21-/m0/s1. The zero-order valence-electron chi connectivity index (χ0n) is 18.2. The number of rotatable bonds is 10. The predicted octanol–water partition coefficient (Wildman–Crippen LogP) is 1.95. The molecule has 1 amide bonds. The van der Waals surface area contributed by atoms with Gasteiger partial charge in [-0.25, -0.2) is 18.1 Å². The van der Waals surface area contributed by atoms with E-state index in [0.29, 0.717) is 12.3 Å². The van der Waals surface area contributed by atoms with Crippen molar-refractivity contribution in [2.45, 2.75) is 37.9 Å². The second-order valence-corrected chi connectivity index (χ2v) is 9.31. The maximum absolute atomic E-state index is 12.9. The molecule has 0 aliphatic heterocycles. The molecule has 1 aromatic heterocycles. The number of carbonyl (C=O) groups excluding carboxylic acids is 1. The van der Waals surface area contributed by atoms with Crippen LogP contribution in [0.3, 0.4) is 0 Å². The Morgan fingerprint density at radius 2 is 1.78 bits per heavy atom. The van der Waals surface area contributed by atoms with Gasteiger partial charge in [-0.05, 0) is 41.3 Å². The Morgan fingerprint density at radius 1 is 1.09 bits per heavy atom. The van der Waals surface area contributed by atoms with Crippen molar-refractivity contribution in [1.29, 1.82) is 0 Å². The lowest BCUT2D eigenvalue weighted by Crippen LogP contribution is -2.49. The monoisotopic (exact) mass is 457 g/mol. The molecule has 0 bridgehead atoms. The highest BCUT2D eigenvalue weighted by Gasteiger charge is 2.28. The summed E-state index contributed by atoms with van der Waals surface area (Å²) in [6.07, 6.45) is 3.09. The van der Waals surface area contributed by atoms with Crippen LogP contribution in [0.4, 0.5) is 0 Å². The molecule has 0 aliphatic carbocycles. The lowest BCUT2D eigenvalue weighted by Gasteiger charge is -2.22. The van der Waals surface area contributed by atoms with Crippen LogP contribution in [0.2, 0.25) is 0 Å². The molecular weight excluding hydrogens is 430 g/mol. The predicted molar refractivity (Wildman–Crippen MR) is 119 cm³/mol. The average molecular weight is 458 g/mol. The number of nitrogens with zero attached hydrogens (tertiary/aromatic N) is 3. The highest BCUT2D eigenvalue weighted by atomic mass is 32.2. The van der Waals surface area contributed by atoms with E-state index in [9.17, 15) is 13.2 Å². The van der Waals surface area contributed by atoms with Crippen LogP contribution in [-0.2, 0) is 27.9 Å². The number of aromatic nitrogens is 3. The van der Waals surface area contributed by atoms with Crippen LogP contribution < -0.4 is 14.8 Å². The molecule has 0 fully saturated rings. The van der Waals surface area contributed by atoms with E-state index in [4.69, 9.17) is 4.74 Å². The minimum absolute atomic E-state index is 0.0647. The Kier molecular flexibility index (Phi) is 7.60. The van der Waals surface area contributed by atoms with Gasteiger partial charge in [0.05, 0.1) is 18.6 Å². The van der Waals surface area contributed by atoms with Crippen LogP contribution in [0.1, 0.15) is 25.0 Å². The normalized spacial score (nSPS) is 12.5. The van der Waals surface area contributed by atoms with Gasteiger partial charge in [0.25, 0.3) is 0 Å². The van der Waals surface area contributed by atoms with Gasteiger partial charge in [0.1, 0.15) is 24.4 Å². The van der Waals surface area contributed by atoms with Crippen molar-refractivity contribution in [3.05, 3.63) is 72.3 Å². The average Bonchev–Trinajstić information content (AvgIpc) is 3.29. The number of benzene rings is 2. The van der Waals surface area contributed by atoms with Crippen molar-refractivity contribution in [2.24, 2.45) is 5.92 Å². The van der Waals surface area contributed by atoms with E-state index in [2.05, 4.69) is 20.1 Å². The SMILES string of the molecule is COc1ccc(S(=O)(=O)N[C@H](C(=O)NCc2ccccc2Cn2cncn2)C(C)C)cc1. The second kappa shape index (κ2) is 10.4. The third-order valence-electron chi connectivity index (χ3n) is 4.97. The number of hydrogen-bond acceptors (Lipinski definition) is 6. The summed E-state index contributed by atoms with van der Waals surface area (Å²) in [5.41, 5.74) is 1.90. The molecule has 0 saturated heterocycles. The molecule has 32 heavy (non-hydrogen) atoms. The van der Waals surface area contributed by atoms with Gasteiger partial charge < -0.3 is 10.1 Å². The van der Waals surface area contributed by atoms with E-state index in [0.717, 1.165) is 11.1 Å². The number of ether oxygens (including phenoxy) is 1. The van der Waals surface area contributed by atoms with Crippen molar-refractivity contribution in [1.82, 2.24) is 24.8 Å². The fraction of sp³-hybridized carbons (Fsp3) is 0.318. The number of carbonyl (C=O) groups is 1. The van der Waals surface area contributed by atoms with Crippen LogP contribution in [0.25, 0.3) is 0 Å². The van der Waals surface area contributed by atoms with Crippen LogP contribution in [0.15, 0.2) is 66.1 Å². The first-order valence-electron chi connectivity index (χ1n) is 10.1. The Labute approximate surface area is 187 Å². The van der Waals surface area contributed by atoms with Crippen LogP contribution in [0.5, 0.6) is 5.75 Å². The van der Waals surface area contributed by atoms with E-state index in [1.54, 1.807) is 37.0 Å². The lowest BCUT2D eigenvalue weighted by atomic mass is 10.0. The Hall–Kier alpha value is -3.24. The molecule has 0 spiro atoms. The van der Waals surface area contributed by atoms with E-state index in [1.165, 1.54) is 25.6 Å². The molecule has 0 saturated carbocycles. The minimum Gasteiger partial charge on any atom is -0.497 e. The maximum Gasteiger partial charge on any atom is 0.241 e. The molecule has 1 atom stereocenters. The summed E-state index contributed by atoms with van der Waals surface area (Å²) < 4.78 is 34.9. The summed E-state index contributed by atoms with van der Waals surface area (Å²) in [7, 11) is -2.38. The topological polar surface area (TPSA) is 115 Å². The minimum atomic E-state index is -3.88. The first-order valence-corrected chi connectivity index (χ1v) is 11.6. The van der Waals surface area contributed by atoms with Crippen molar-refractivity contribution < 1.29 is 17.9 Å². The van der Waals surface area contributed by atoms with Gasteiger partial charge in [-0.1, -0.05) is 38.1 Å². The van der Waals surface area contributed by atoms with Gasteiger partial charge >= 0.3 is 0 Å². The zero-order valence-corrected chi connectivity index (χ0v) is 19.0. The third-order valence-corrected chi connectivity index (χ3v) is 6.43. The smallest absolute Gasteiger partial charge is 0.241 e.